The van der Waals surface area contributed by atoms with Gasteiger partial charge in [0.1, 0.15) is 6.10 Å². The Balaban J connectivity index is 2.02. The molecule has 1 atom stereocenters. The van der Waals surface area contributed by atoms with Gasteiger partial charge in [-0.15, -0.1) is 0 Å². The van der Waals surface area contributed by atoms with E-state index in [1.165, 1.54) is 5.56 Å². The third kappa shape index (κ3) is 2.67. The van der Waals surface area contributed by atoms with Gasteiger partial charge in [-0.1, -0.05) is 56.3 Å². The van der Waals surface area contributed by atoms with Gasteiger partial charge in [0.25, 0.3) is 0 Å². The Kier molecular flexibility index (Phi) is 3.72. The van der Waals surface area contributed by atoms with E-state index in [9.17, 15) is 5.11 Å². The number of aliphatic hydroxyl groups is 1. The highest BCUT2D eigenvalue weighted by atomic mass is 16.3. The molecule has 1 aromatic heterocycles. The van der Waals surface area contributed by atoms with Crippen molar-refractivity contribution in [1.82, 2.24) is 4.98 Å². The van der Waals surface area contributed by atoms with E-state index in [-0.39, 0.29) is 0 Å². The lowest BCUT2D eigenvalue weighted by Crippen LogP contribution is -2.01. The lowest BCUT2D eigenvalue weighted by atomic mass is 9.95. The molecule has 2 aromatic carbocycles. The quantitative estimate of drug-likeness (QED) is 0.767. The van der Waals surface area contributed by atoms with Gasteiger partial charge in [0, 0.05) is 17.8 Å². The molecular formula is C19H19NO. The molecule has 106 valence electrons. The summed E-state index contributed by atoms with van der Waals surface area (Å²) in [4.78, 5) is 4.18. The third-order valence-electron chi connectivity index (χ3n) is 3.93. The first-order valence-corrected chi connectivity index (χ1v) is 7.27. The van der Waals surface area contributed by atoms with E-state index in [4.69, 9.17) is 0 Å². The molecule has 0 amide bonds. The van der Waals surface area contributed by atoms with Gasteiger partial charge in [-0.25, -0.2) is 0 Å². The molecule has 3 aromatic rings. The number of nitrogens with zero attached hydrogens (tertiary/aromatic N) is 1. The number of hydrogen-bond acceptors (Lipinski definition) is 2. The van der Waals surface area contributed by atoms with E-state index < -0.39 is 6.10 Å². The molecule has 0 aliphatic rings. The Morgan fingerprint density at radius 1 is 0.905 bits per heavy atom. The van der Waals surface area contributed by atoms with Crippen LogP contribution in [0, 0.1) is 0 Å². The van der Waals surface area contributed by atoms with Crippen LogP contribution in [0.1, 0.15) is 42.6 Å². The van der Waals surface area contributed by atoms with Crippen molar-refractivity contribution in [3.8, 4) is 0 Å². The van der Waals surface area contributed by atoms with Crippen LogP contribution in [-0.4, -0.2) is 10.1 Å². The summed E-state index contributed by atoms with van der Waals surface area (Å²) in [7, 11) is 0. The minimum Gasteiger partial charge on any atom is -0.384 e. The van der Waals surface area contributed by atoms with Crippen molar-refractivity contribution in [3.05, 3.63) is 77.6 Å². The van der Waals surface area contributed by atoms with Crippen LogP contribution >= 0.6 is 0 Å². The van der Waals surface area contributed by atoms with Gasteiger partial charge >= 0.3 is 0 Å². The maximum Gasteiger partial charge on any atom is 0.105 e. The van der Waals surface area contributed by atoms with E-state index in [1.807, 2.05) is 42.6 Å². The number of aromatic nitrogens is 1. The first kappa shape index (κ1) is 13.8. The summed E-state index contributed by atoms with van der Waals surface area (Å²) in [6.45, 7) is 4.34. The largest absolute Gasteiger partial charge is 0.384 e. The maximum absolute atomic E-state index is 10.7. The van der Waals surface area contributed by atoms with E-state index in [2.05, 4.69) is 31.0 Å². The fraction of sp³-hybridized carbons (Fsp3) is 0.211. The molecule has 0 saturated heterocycles. The van der Waals surface area contributed by atoms with E-state index in [1.54, 1.807) is 6.20 Å². The van der Waals surface area contributed by atoms with E-state index in [0.29, 0.717) is 5.92 Å². The van der Waals surface area contributed by atoms with Crippen molar-refractivity contribution in [2.45, 2.75) is 25.9 Å². The Morgan fingerprint density at radius 2 is 1.62 bits per heavy atom. The summed E-state index contributed by atoms with van der Waals surface area (Å²) in [5, 5.41) is 12.8. The van der Waals surface area contributed by atoms with Crippen LogP contribution < -0.4 is 0 Å². The van der Waals surface area contributed by atoms with Crippen molar-refractivity contribution in [1.29, 1.82) is 0 Å². The van der Waals surface area contributed by atoms with Crippen molar-refractivity contribution < 1.29 is 5.11 Å². The number of aliphatic hydroxyl groups excluding tert-OH is 1. The fourth-order valence-corrected chi connectivity index (χ4v) is 2.62. The second-order valence-electron chi connectivity index (χ2n) is 5.67. The molecule has 0 radical (unpaired) electrons. The molecule has 0 bridgehead atoms. The topological polar surface area (TPSA) is 33.1 Å². The Labute approximate surface area is 125 Å². The molecule has 0 saturated carbocycles. The molecule has 3 rings (SSSR count). The van der Waals surface area contributed by atoms with E-state index in [0.717, 1.165) is 21.9 Å². The monoisotopic (exact) mass is 277 g/mol. The molecule has 2 nitrogen and oxygen atoms in total. The molecule has 21 heavy (non-hydrogen) atoms. The highest BCUT2D eigenvalue weighted by Crippen LogP contribution is 2.29. The third-order valence-corrected chi connectivity index (χ3v) is 3.93. The highest BCUT2D eigenvalue weighted by Gasteiger charge is 2.13. The van der Waals surface area contributed by atoms with Gasteiger partial charge in [-0.05, 0) is 34.1 Å². The Hall–Kier alpha value is -2.19. The average molecular weight is 277 g/mol. The van der Waals surface area contributed by atoms with E-state index >= 15 is 0 Å². The van der Waals surface area contributed by atoms with Crippen molar-refractivity contribution in [2.75, 3.05) is 0 Å². The predicted octanol–water partition coefficient (Wildman–Crippen LogP) is 4.44. The van der Waals surface area contributed by atoms with Crippen LogP contribution in [0.4, 0.5) is 0 Å². The van der Waals surface area contributed by atoms with Crippen molar-refractivity contribution in [2.24, 2.45) is 0 Å². The lowest BCUT2D eigenvalue weighted by Gasteiger charge is -2.15. The summed E-state index contributed by atoms with van der Waals surface area (Å²) < 4.78 is 0. The second-order valence-corrected chi connectivity index (χ2v) is 5.67. The Bertz CT molecular complexity index is 742. The van der Waals surface area contributed by atoms with Gasteiger partial charge in [0.15, 0.2) is 0 Å². The molecular weight excluding hydrogens is 258 g/mol. The number of hydrogen-bond donors (Lipinski definition) is 1. The summed E-state index contributed by atoms with van der Waals surface area (Å²) in [6.07, 6.45) is 2.96. The van der Waals surface area contributed by atoms with Gasteiger partial charge in [-0.2, -0.15) is 0 Å². The zero-order valence-electron chi connectivity index (χ0n) is 12.3. The summed E-state index contributed by atoms with van der Waals surface area (Å²) in [5.74, 6) is 0.498. The van der Waals surface area contributed by atoms with Crippen LogP contribution in [0.25, 0.3) is 10.8 Å². The minimum absolute atomic E-state index is 0.498. The molecule has 0 fully saturated rings. The van der Waals surface area contributed by atoms with Crippen LogP contribution in [0.5, 0.6) is 0 Å². The molecule has 0 aliphatic heterocycles. The van der Waals surface area contributed by atoms with Crippen LogP contribution in [0.2, 0.25) is 0 Å². The summed E-state index contributed by atoms with van der Waals surface area (Å²) >= 11 is 0. The van der Waals surface area contributed by atoms with Gasteiger partial charge in [0.05, 0.1) is 0 Å². The number of fused-ring (bicyclic) bond motifs is 1. The Morgan fingerprint density at radius 3 is 2.33 bits per heavy atom. The highest BCUT2D eigenvalue weighted by molar-refractivity contribution is 5.85. The first-order chi connectivity index (χ1) is 10.2. The number of rotatable bonds is 3. The van der Waals surface area contributed by atoms with Crippen LogP contribution in [-0.2, 0) is 0 Å². The molecule has 0 spiro atoms. The van der Waals surface area contributed by atoms with Crippen molar-refractivity contribution >= 4 is 10.8 Å². The first-order valence-electron chi connectivity index (χ1n) is 7.27. The van der Waals surface area contributed by atoms with Gasteiger partial charge in [-0.3, -0.25) is 4.98 Å². The predicted molar refractivity (Wildman–Crippen MR) is 86.3 cm³/mol. The summed E-state index contributed by atoms with van der Waals surface area (Å²) in [5.41, 5.74) is 3.10. The van der Waals surface area contributed by atoms with Gasteiger partial charge in [0.2, 0.25) is 0 Å². The maximum atomic E-state index is 10.7. The molecule has 1 unspecified atom stereocenters. The number of pyridine rings is 1. The fourth-order valence-electron chi connectivity index (χ4n) is 2.62. The standard InChI is InChI=1S/C19H19NO/c1-13(2)14-6-8-16(9-7-14)19(21)17-5-3-4-15-10-11-20-12-18(15)17/h3-13,19,21H,1-2H3. The molecule has 2 heteroatoms. The summed E-state index contributed by atoms with van der Waals surface area (Å²) in [6, 6.07) is 16.1. The van der Waals surface area contributed by atoms with Gasteiger partial charge < -0.3 is 5.11 Å². The van der Waals surface area contributed by atoms with Crippen LogP contribution in [0.3, 0.4) is 0 Å². The lowest BCUT2D eigenvalue weighted by molar-refractivity contribution is 0.222. The zero-order chi connectivity index (χ0) is 14.8. The van der Waals surface area contributed by atoms with Crippen LogP contribution in [0.15, 0.2) is 60.9 Å². The number of benzene rings is 2. The zero-order valence-corrected chi connectivity index (χ0v) is 12.3. The minimum atomic E-state index is -0.626. The normalized spacial score (nSPS) is 12.8. The molecule has 0 aliphatic carbocycles. The SMILES string of the molecule is CC(C)c1ccc(C(O)c2cccc3ccncc23)cc1. The average Bonchev–Trinajstić information content (AvgIpc) is 2.53. The second kappa shape index (κ2) is 5.66. The molecule has 1 N–H and O–H groups in total. The van der Waals surface area contributed by atoms with Crippen molar-refractivity contribution in [3.63, 3.8) is 0 Å². The molecule has 1 heterocycles. The smallest absolute Gasteiger partial charge is 0.105 e.